The van der Waals surface area contributed by atoms with Gasteiger partial charge in [0.25, 0.3) is 5.88 Å². The predicted octanol–water partition coefficient (Wildman–Crippen LogP) is 2.57. The molecule has 102 valence electrons. The average molecular weight is 277 g/mol. The minimum atomic E-state index is -0.704. The van der Waals surface area contributed by atoms with Gasteiger partial charge < -0.3 is 14.2 Å². The molecule has 2 heterocycles. The SMILES string of the molecule is Oc1cc(-c2cc(F)c(Cn3ccnc3)c(F)c2)on1. The van der Waals surface area contributed by atoms with Gasteiger partial charge in [0.05, 0.1) is 12.9 Å². The number of hydrogen-bond donors (Lipinski definition) is 1. The lowest BCUT2D eigenvalue weighted by molar-refractivity contribution is 0.365. The van der Waals surface area contributed by atoms with E-state index in [1.54, 1.807) is 10.8 Å². The molecule has 2 aromatic heterocycles. The third-order valence-electron chi connectivity index (χ3n) is 2.82. The Morgan fingerprint density at radius 3 is 2.50 bits per heavy atom. The van der Waals surface area contributed by atoms with Crippen molar-refractivity contribution < 1.29 is 18.4 Å². The first-order chi connectivity index (χ1) is 9.63. The standard InChI is InChI=1S/C13H9F2N3O2/c14-10-3-8(12-5-13(19)17-20-12)4-11(15)9(10)6-18-2-1-16-7-18/h1-5,7H,6H2,(H,17,19). The third kappa shape index (κ3) is 2.25. The van der Waals surface area contributed by atoms with Gasteiger partial charge in [-0.15, -0.1) is 0 Å². The van der Waals surface area contributed by atoms with Crippen molar-refractivity contribution >= 4 is 0 Å². The molecule has 20 heavy (non-hydrogen) atoms. The molecule has 0 aliphatic heterocycles. The van der Waals surface area contributed by atoms with Crippen LogP contribution in [0.25, 0.3) is 11.3 Å². The first kappa shape index (κ1) is 12.3. The van der Waals surface area contributed by atoms with Gasteiger partial charge in [0.15, 0.2) is 5.76 Å². The van der Waals surface area contributed by atoms with E-state index in [0.717, 1.165) is 12.1 Å². The van der Waals surface area contributed by atoms with Crippen LogP contribution in [0, 0.1) is 11.6 Å². The molecule has 1 aromatic carbocycles. The van der Waals surface area contributed by atoms with Gasteiger partial charge in [0, 0.05) is 29.6 Å². The first-order valence-electron chi connectivity index (χ1n) is 5.73. The van der Waals surface area contributed by atoms with Crippen molar-refractivity contribution in [3.05, 3.63) is 54.1 Å². The zero-order chi connectivity index (χ0) is 14.1. The van der Waals surface area contributed by atoms with Gasteiger partial charge in [-0.1, -0.05) is 0 Å². The summed E-state index contributed by atoms with van der Waals surface area (Å²) in [5.41, 5.74) is 0.0951. The van der Waals surface area contributed by atoms with Crippen molar-refractivity contribution in [3.63, 3.8) is 0 Å². The van der Waals surface area contributed by atoms with E-state index in [1.165, 1.54) is 18.6 Å². The van der Waals surface area contributed by atoms with Crippen LogP contribution in [0.3, 0.4) is 0 Å². The van der Waals surface area contributed by atoms with Crippen molar-refractivity contribution in [2.45, 2.75) is 6.54 Å². The fraction of sp³-hybridized carbons (Fsp3) is 0.0769. The highest BCUT2D eigenvalue weighted by Gasteiger charge is 2.15. The van der Waals surface area contributed by atoms with Crippen LogP contribution in [0.2, 0.25) is 0 Å². The van der Waals surface area contributed by atoms with Crippen molar-refractivity contribution in [1.29, 1.82) is 0 Å². The molecule has 7 heteroatoms. The van der Waals surface area contributed by atoms with Crippen molar-refractivity contribution in [1.82, 2.24) is 14.7 Å². The Kier molecular flexibility index (Phi) is 2.94. The summed E-state index contributed by atoms with van der Waals surface area (Å²) in [4.78, 5) is 3.81. The molecule has 0 aliphatic rings. The van der Waals surface area contributed by atoms with Crippen LogP contribution in [-0.2, 0) is 6.54 Å². The number of aromatic nitrogens is 3. The summed E-state index contributed by atoms with van der Waals surface area (Å²) in [7, 11) is 0. The lowest BCUT2D eigenvalue weighted by Crippen LogP contribution is -2.03. The molecule has 3 rings (SSSR count). The molecule has 0 bridgehead atoms. The number of benzene rings is 1. The van der Waals surface area contributed by atoms with Crippen LogP contribution in [0.15, 0.2) is 41.4 Å². The zero-order valence-corrected chi connectivity index (χ0v) is 10.1. The second kappa shape index (κ2) is 4.76. The molecule has 3 aromatic rings. The monoisotopic (exact) mass is 277 g/mol. The maximum atomic E-state index is 14.0. The summed E-state index contributed by atoms with van der Waals surface area (Å²) in [6.07, 6.45) is 4.62. The van der Waals surface area contributed by atoms with E-state index >= 15 is 0 Å². The third-order valence-corrected chi connectivity index (χ3v) is 2.82. The van der Waals surface area contributed by atoms with Gasteiger partial charge in [-0.3, -0.25) is 0 Å². The van der Waals surface area contributed by atoms with Crippen LogP contribution < -0.4 is 0 Å². The van der Waals surface area contributed by atoms with Gasteiger partial charge in [-0.05, 0) is 17.3 Å². The Morgan fingerprint density at radius 1 is 1.20 bits per heavy atom. The van der Waals surface area contributed by atoms with E-state index in [4.69, 9.17) is 9.63 Å². The Labute approximate surface area is 112 Å². The Morgan fingerprint density at radius 2 is 1.95 bits per heavy atom. The highest BCUT2D eigenvalue weighted by molar-refractivity contribution is 5.59. The average Bonchev–Trinajstić information content (AvgIpc) is 3.05. The van der Waals surface area contributed by atoms with Crippen molar-refractivity contribution in [2.75, 3.05) is 0 Å². The number of imidazole rings is 1. The highest BCUT2D eigenvalue weighted by atomic mass is 19.1. The first-order valence-corrected chi connectivity index (χ1v) is 5.73. The molecule has 0 saturated heterocycles. The van der Waals surface area contributed by atoms with Crippen LogP contribution >= 0.6 is 0 Å². The molecule has 0 atom stereocenters. The molecule has 0 aliphatic carbocycles. The second-order valence-electron chi connectivity index (χ2n) is 4.20. The minimum absolute atomic E-state index is 0.0413. The summed E-state index contributed by atoms with van der Waals surface area (Å²) >= 11 is 0. The van der Waals surface area contributed by atoms with E-state index in [1.807, 2.05) is 0 Å². The van der Waals surface area contributed by atoms with E-state index in [-0.39, 0.29) is 29.3 Å². The number of hydrogen-bond acceptors (Lipinski definition) is 4. The largest absolute Gasteiger partial charge is 0.491 e. The Bertz CT molecular complexity index is 715. The van der Waals surface area contributed by atoms with Crippen LogP contribution in [0.4, 0.5) is 8.78 Å². The lowest BCUT2D eigenvalue weighted by atomic mass is 10.1. The summed E-state index contributed by atoms with van der Waals surface area (Å²) in [6, 6.07) is 3.45. The van der Waals surface area contributed by atoms with Gasteiger partial charge >= 0.3 is 0 Å². The molecule has 0 saturated carbocycles. The summed E-state index contributed by atoms with van der Waals surface area (Å²) in [5, 5.41) is 12.3. The molecule has 0 fully saturated rings. The molecule has 5 nitrogen and oxygen atoms in total. The molecule has 0 amide bonds. The number of rotatable bonds is 3. The van der Waals surface area contributed by atoms with Gasteiger partial charge in [0.1, 0.15) is 11.6 Å². The second-order valence-corrected chi connectivity index (χ2v) is 4.20. The molecular formula is C13H9F2N3O2. The normalized spacial score (nSPS) is 10.9. The number of halogens is 2. The number of nitrogens with zero attached hydrogens (tertiary/aromatic N) is 3. The summed E-state index contributed by atoms with van der Waals surface area (Å²) < 4.78 is 34.3. The van der Waals surface area contributed by atoms with E-state index in [0.29, 0.717) is 0 Å². The minimum Gasteiger partial charge on any atom is -0.491 e. The predicted molar refractivity (Wildman–Crippen MR) is 64.8 cm³/mol. The van der Waals surface area contributed by atoms with Crippen LogP contribution in [0.1, 0.15) is 5.56 Å². The van der Waals surface area contributed by atoms with E-state index in [9.17, 15) is 8.78 Å². The van der Waals surface area contributed by atoms with Crippen LogP contribution in [0.5, 0.6) is 5.88 Å². The zero-order valence-electron chi connectivity index (χ0n) is 10.1. The van der Waals surface area contributed by atoms with Gasteiger partial charge in [0.2, 0.25) is 0 Å². The smallest absolute Gasteiger partial charge is 0.252 e. The van der Waals surface area contributed by atoms with E-state index < -0.39 is 11.6 Å². The molecule has 0 radical (unpaired) electrons. The van der Waals surface area contributed by atoms with E-state index in [2.05, 4.69) is 10.1 Å². The number of aromatic hydroxyl groups is 1. The Hall–Kier alpha value is -2.70. The van der Waals surface area contributed by atoms with Crippen molar-refractivity contribution in [2.24, 2.45) is 0 Å². The quantitative estimate of drug-likeness (QED) is 0.799. The highest BCUT2D eigenvalue weighted by Crippen LogP contribution is 2.27. The molecular weight excluding hydrogens is 268 g/mol. The van der Waals surface area contributed by atoms with Crippen LogP contribution in [-0.4, -0.2) is 19.8 Å². The van der Waals surface area contributed by atoms with Gasteiger partial charge in [-0.2, -0.15) is 0 Å². The Balaban J connectivity index is 1.98. The molecule has 1 N–H and O–H groups in total. The maximum Gasteiger partial charge on any atom is 0.252 e. The fourth-order valence-electron chi connectivity index (χ4n) is 1.86. The van der Waals surface area contributed by atoms with Crippen molar-refractivity contribution in [3.8, 4) is 17.2 Å². The summed E-state index contributed by atoms with van der Waals surface area (Å²) in [6.45, 7) is 0.0413. The maximum absolute atomic E-state index is 14.0. The topological polar surface area (TPSA) is 64.1 Å². The summed E-state index contributed by atoms with van der Waals surface area (Å²) in [5.74, 6) is -1.66. The fourth-order valence-corrected chi connectivity index (χ4v) is 1.86. The molecule has 0 unspecified atom stereocenters. The lowest BCUT2D eigenvalue weighted by Gasteiger charge is -2.07. The molecule has 0 spiro atoms. The van der Waals surface area contributed by atoms with Gasteiger partial charge in [-0.25, -0.2) is 13.8 Å².